The molecule has 1 amide bonds. The van der Waals surface area contributed by atoms with E-state index in [1.165, 1.54) is 18.4 Å². The zero-order valence-electron chi connectivity index (χ0n) is 10.3. The van der Waals surface area contributed by atoms with Crippen LogP contribution in [0.15, 0.2) is 18.2 Å². The first-order valence-corrected chi connectivity index (χ1v) is 6.01. The highest BCUT2D eigenvalue weighted by Gasteiger charge is 2.32. The molecule has 1 aromatic carbocycles. The monoisotopic (exact) mass is 217 g/mol. The molecule has 0 saturated heterocycles. The molecule has 86 valence electrons. The van der Waals surface area contributed by atoms with Crippen LogP contribution in [0, 0.1) is 13.8 Å². The number of nitrogens with zero attached hydrogens (tertiary/aromatic N) is 1. The molecule has 0 heterocycles. The molecule has 2 nitrogen and oxygen atoms in total. The maximum atomic E-state index is 12.3. The molecule has 1 aromatic rings. The minimum atomic E-state index is 0.197. The van der Waals surface area contributed by atoms with Gasteiger partial charge in [0.2, 0.25) is 0 Å². The Morgan fingerprint density at radius 3 is 2.56 bits per heavy atom. The summed E-state index contributed by atoms with van der Waals surface area (Å²) in [5.41, 5.74) is 3.16. The van der Waals surface area contributed by atoms with Gasteiger partial charge in [-0.1, -0.05) is 17.7 Å². The van der Waals surface area contributed by atoms with E-state index in [2.05, 4.69) is 19.9 Å². The van der Waals surface area contributed by atoms with Gasteiger partial charge in [-0.3, -0.25) is 4.79 Å². The van der Waals surface area contributed by atoms with Crippen LogP contribution in [-0.2, 0) is 0 Å². The van der Waals surface area contributed by atoms with Gasteiger partial charge in [-0.15, -0.1) is 0 Å². The topological polar surface area (TPSA) is 20.3 Å². The van der Waals surface area contributed by atoms with Gasteiger partial charge in [-0.25, -0.2) is 0 Å². The second-order valence-electron chi connectivity index (χ2n) is 4.64. The van der Waals surface area contributed by atoms with E-state index in [1.54, 1.807) is 0 Å². The van der Waals surface area contributed by atoms with Crippen LogP contribution in [0.2, 0.25) is 0 Å². The van der Waals surface area contributed by atoms with Gasteiger partial charge in [0, 0.05) is 18.2 Å². The van der Waals surface area contributed by atoms with E-state index in [0.29, 0.717) is 6.04 Å². The average molecular weight is 217 g/mol. The van der Waals surface area contributed by atoms with Crippen LogP contribution in [0.3, 0.4) is 0 Å². The first-order valence-electron chi connectivity index (χ1n) is 6.01. The molecule has 2 heteroatoms. The van der Waals surface area contributed by atoms with E-state index in [-0.39, 0.29) is 5.91 Å². The Labute approximate surface area is 97.3 Å². The zero-order valence-corrected chi connectivity index (χ0v) is 10.3. The summed E-state index contributed by atoms with van der Waals surface area (Å²) < 4.78 is 0. The minimum absolute atomic E-state index is 0.197. The third-order valence-corrected chi connectivity index (χ3v) is 3.20. The molecule has 0 aliphatic heterocycles. The van der Waals surface area contributed by atoms with Gasteiger partial charge in [0.15, 0.2) is 0 Å². The lowest BCUT2D eigenvalue weighted by Gasteiger charge is -2.21. The molecular formula is C14H19NO. The number of aryl methyl sites for hydroxylation is 2. The Kier molecular flexibility index (Phi) is 2.99. The van der Waals surface area contributed by atoms with Crippen LogP contribution >= 0.6 is 0 Å². The van der Waals surface area contributed by atoms with Gasteiger partial charge in [0.05, 0.1) is 0 Å². The van der Waals surface area contributed by atoms with Crippen molar-refractivity contribution >= 4 is 5.91 Å². The maximum absolute atomic E-state index is 12.3. The molecule has 0 N–H and O–H groups in total. The first-order chi connectivity index (χ1) is 7.63. The highest BCUT2D eigenvalue weighted by Crippen LogP contribution is 2.28. The van der Waals surface area contributed by atoms with Crippen molar-refractivity contribution in [3.05, 3.63) is 34.9 Å². The molecule has 1 saturated carbocycles. The Hall–Kier alpha value is -1.31. The summed E-state index contributed by atoms with van der Waals surface area (Å²) >= 11 is 0. The minimum Gasteiger partial charge on any atom is -0.336 e. The number of hydrogen-bond acceptors (Lipinski definition) is 1. The third-order valence-electron chi connectivity index (χ3n) is 3.20. The van der Waals surface area contributed by atoms with Crippen LogP contribution in [0.5, 0.6) is 0 Å². The summed E-state index contributed by atoms with van der Waals surface area (Å²) in [5, 5.41) is 0. The van der Waals surface area contributed by atoms with Gasteiger partial charge in [-0.05, 0) is 45.2 Å². The number of benzene rings is 1. The molecule has 1 aliphatic carbocycles. The lowest BCUT2D eigenvalue weighted by Crippen LogP contribution is -2.33. The van der Waals surface area contributed by atoms with Crippen molar-refractivity contribution in [3.63, 3.8) is 0 Å². The molecule has 0 aromatic heterocycles. The zero-order chi connectivity index (χ0) is 11.7. The maximum Gasteiger partial charge on any atom is 0.254 e. The van der Waals surface area contributed by atoms with Crippen molar-refractivity contribution in [1.29, 1.82) is 0 Å². The Balaban J connectivity index is 2.25. The van der Waals surface area contributed by atoms with E-state index >= 15 is 0 Å². The molecule has 0 radical (unpaired) electrons. The molecular weight excluding hydrogens is 198 g/mol. The van der Waals surface area contributed by atoms with Crippen LogP contribution < -0.4 is 0 Å². The lowest BCUT2D eigenvalue weighted by molar-refractivity contribution is 0.0752. The second kappa shape index (κ2) is 4.28. The molecule has 1 aliphatic rings. The van der Waals surface area contributed by atoms with Gasteiger partial charge >= 0.3 is 0 Å². The normalized spacial score (nSPS) is 14.9. The quantitative estimate of drug-likeness (QED) is 0.762. The molecule has 2 rings (SSSR count). The van der Waals surface area contributed by atoms with E-state index in [4.69, 9.17) is 0 Å². The lowest BCUT2D eigenvalue weighted by atomic mass is 10.0. The Morgan fingerprint density at radius 1 is 1.38 bits per heavy atom. The molecule has 0 unspecified atom stereocenters. The smallest absolute Gasteiger partial charge is 0.254 e. The van der Waals surface area contributed by atoms with Crippen molar-refractivity contribution < 1.29 is 4.79 Å². The molecule has 16 heavy (non-hydrogen) atoms. The van der Waals surface area contributed by atoms with Crippen molar-refractivity contribution in [2.45, 2.75) is 39.7 Å². The van der Waals surface area contributed by atoms with E-state index in [1.807, 2.05) is 24.0 Å². The largest absolute Gasteiger partial charge is 0.336 e. The van der Waals surface area contributed by atoms with Gasteiger partial charge < -0.3 is 4.90 Å². The Morgan fingerprint density at radius 2 is 2.06 bits per heavy atom. The summed E-state index contributed by atoms with van der Waals surface area (Å²) in [7, 11) is 0. The number of hydrogen-bond donors (Lipinski definition) is 0. The highest BCUT2D eigenvalue weighted by molar-refractivity contribution is 5.96. The van der Waals surface area contributed by atoms with Crippen molar-refractivity contribution in [1.82, 2.24) is 4.90 Å². The number of carbonyl (C=O) groups excluding carboxylic acids is 1. The Bertz CT molecular complexity index is 407. The first kappa shape index (κ1) is 11.2. The molecule has 0 bridgehead atoms. The SMILES string of the molecule is CCN(C(=O)c1ccc(C)cc1C)C1CC1. The third kappa shape index (κ3) is 2.11. The number of amides is 1. The summed E-state index contributed by atoms with van der Waals surface area (Å²) in [5.74, 6) is 0.197. The molecule has 1 fully saturated rings. The number of carbonyl (C=O) groups is 1. The van der Waals surface area contributed by atoms with Crippen molar-refractivity contribution in [2.24, 2.45) is 0 Å². The molecule has 0 atom stereocenters. The fraction of sp³-hybridized carbons (Fsp3) is 0.500. The van der Waals surface area contributed by atoms with E-state index in [9.17, 15) is 4.79 Å². The van der Waals surface area contributed by atoms with Gasteiger partial charge in [-0.2, -0.15) is 0 Å². The van der Waals surface area contributed by atoms with Crippen LogP contribution in [0.25, 0.3) is 0 Å². The predicted octanol–water partition coefficient (Wildman–Crippen LogP) is 2.93. The summed E-state index contributed by atoms with van der Waals surface area (Å²) in [6.45, 7) is 6.94. The van der Waals surface area contributed by atoms with Crippen molar-refractivity contribution in [2.75, 3.05) is 6.54 Å². The van der Waals surface area contributed by atoms with Crippen molar-refractivity contribution in [3.8, 4) is 0 Å². The predicted molar refractivity (Wildman–Crippen MR) is 65.6 cm³/mol. The fourth-order valence-corrected chi connectivity index (χ4v) is 2.16. The van der Waals surface area contributed by atoms with E-state index in [0.717, 1.165) is 17.7 Å². The van der Waals surface area contributed by atoms with Gasteiger partial charge in [0.25, 0.3) is 5.91 Å². The summed E-state index contributed by atoms with van der Waals surface area (Å²) in [6, 6.07) is 6.55. The highest BCUT2D eigenvalue weighted by atomic mass is 16.2. The standard InChI is InChI=1S/C14H19NO/c1-4-15(12-6-7-12)14(16)13-8-5-10(2)9-11(13)3/h5,8-9,12H,4,6-7H2,1-3H3. The second-order valence-corrected chi connectivity index (χ2v) is 4.64. The summed E-state index contributed by atoms with van der Waals surface area (Å²) in [4.78, 5) is 14.3. The van der Waals surface area contributed by atoms with E-state index < -0.39 is 0 Å². The van der Waals surface area contributed by atoms with Crippen LogP contribution in [0.1, 0.15) is 41.3 Å². The van der Waals surface area contributed by atoms with Gasteiger partial charge in [0.1, 0.15) is 0 Å². The summed E-state index contributed by atoms with van der Waals surface area (Å²) in [6.07, 6.45) is 2.34. The average Bonchev–Trinajstić information content (AvgIpc) is 3.02. The number of rotatable bonds is 3. The molecule has 0 spiro atoms. The van der Waals surface area contributed by atoms with Crippen LogP contribution in [-0.4, -0.2) is 23.4 Å². The fourth-order valence-electron chi connectivity index (χ4n) is 2.16. The van der Waals surface area contributed by atoms with Crippen LogP contribution in [0.4, 0.5) is 0 Å².